The van der Waals surface area contributed by atoms with Crippen LogP contribution >= 0.6 is 0 Å². The first-order chi connectivity index (χ1) is 9.95. The summed E-state index contributed by atoms with van der Waals surface area (Å²) in [5.41, 5.74) is -0.527. The van der Waals surface area contributed by atoms with Crippen LogP contribution in [0.1, 0.15) is 40.5 Å². The van der Waals surface area contributed by atoms with Crippen LogP contribution in [0.4, 0.5) is 0 Å². The monoisotopic (exact) mass is 300 g/mol. The maximum atomic E-state index is 6.42. The summed E-state index contributed by atoms with van der Waals surface area (Å²) in [6, 6.07) is 0. The summed E-state index contributed by atoms with van der Waals surface area (Å²) < 4.78 is 29.1. The van der Waals surface area contributed by atoms with Crippen LogP contribution in [0.5, 0.6) is 0 Å². The zero-order chi connectivity index (χ0) is 15.1. The molecule has 0 N–H and O–H groups in total. The highest BCUT2D eigenvalue weighted by atomic mass is 16.7. The van der Waals surface area contributed by atoms with Crippen LogP contribution in [-0.4, -0.2) is 56.1 Å². The molecule has 21 heavy (non-hydrogen) atoms. The summed E-state index contributed by atoms with van der Waals surface area (Å²) in [6.07, 6.45) is 2.42. The van der Waals surface area contributed by atoms with Crippen LogP contribution in [0.25, 0.3) is 0 Å². The molecule has 0 radical (unpaired) electrons. The molecule has 3 saturated heterocycles. The van der Waals surface area contributed by atoms with Crippen LogP contribution in [0.2, 0.25) is 0 Å². The molecule has 3 aliphatic heterocycles. The van der Waals surface area contributed by atoms with Crippen LogP contribution in [0.3, 0.4) is 0 Å². The molecule has 4 rings (SSSR count). The maximum Gasteiger partial charge on any atom is 0.147 e. The lowest BCUT2D eigenvalue weighted by molar-refractivity contribution is -0.333. The minimum Gasteiger partial charge on any atom is -0.372 e. The summed E-state index contributed by atoms with van der Waals surface area (Å²) in [5, 5.41) is 0. The quantitative estimate of drug-likeness (QED) is 0.409. The van der Waals surface area contributed by atoms with Crippen molar-refractivity contribution in [1.82, 2.24) is 0 Å². The molecule has 1 aliphatic carbocycles. The average Bonchev–Trinajstić information content (AvgIpc) is 3.21. The number of ether oxygens (including phenoxy) is 5. The van der Waals surface area contributed by atoms with E-state index in [4.69, 9.17) is 23.7 Å². The third-order valence-electron chi connectivity index (χ3n) is 5.18. The first kappa shape index (κ1) is 15.7. The normalized spacial score (nSPS) is 44.0. The third-order valence-corrected chi connectivity index (χ3v) is 5.18. The molecule has 2 bridgehead atoms. The standard InChI is InChI=1S/C16H28O5/c1-5-17-10-20-14-7-11-6-13(19-9-12-8-18-12)16(14,4)21-15(11,2)3/h11-14H,5-10H2,1-4H3. The largest absolute Gasteiger partial charge is 0.372 e. The zero-order valence-electron chi connectivity index (χ0n) is 13.6. The third kappa shape index (κ3) is 3.13. The van der Waals surface area contributed by atoms with E-state index in [1.165, 1.54) is 0 Å². The molecule has 5 heteroatoms. The van der Waals surface area contributed by atoms with Crippen molar-refractivity contribution >= 4 is 0 Å². The lowest BCUT2D eigenvalue weighted by Gasteiger charge is -2.60. The van der Waals surface area contributed by atoms with Gasteiger partial charge >= 0.3 is 0 Å². The van der Waals surface area contributed by atoms with Gasteiger partial charge in [-0.1, -0.05) is 0 Å². The molecule has 4 aliphatic rings. The molecule has 5 atom stereocenters. The molecule has 4 fully saturated rings. The Morgan fingerprint density at radius 2 is 1.76 bits per heavy atom. The van der Waals surface area contributed by atoms with Crippen molar-refractivity contribution in [3.05, 3.63) is 0 Å². The average molecular weight is 300 g/mol. The fourth-order valence-corrected chi connectivity index (χ4v) is 3.71. The van der Waals surface area contributed by atoms with E-state index in [2.05, 4.69) is 20.8 Å². The van der Waals surface area contributed by atoms with Gasteiger partial charge in [0.25, 0.3) is 0 Å². The summed E-state index contributed by atoms with van der Waals surface area (Å²) >= 11 is 0. The number of hydrogen-bond donors (Lipinski definition) is 0. The van der Waals surface area contributed by atoms with Gasteiger partial charge in [0.1, 0.15) is 18.5 Å². The highest BCUT2D eigenvalue weighted by Crippen LogP contribution is 2.51. The van der Waals surface area contributed by atoms with E-state index in [0.717, 1.165) is 19.4 Å². The molecule has 0 aromatic rings. The van der Waals surface area contributed by atoms with Crippen LogP contribution in [0, 0.1) is 5.92 Å². The first-order valence-corrected chi connectivity index (χ1v) is 8.08. The van der Waals surface area contributed by atoms with Crippen LogP contribution in [0.15, 0.2) is 0 Å². The van der Waals surface area contributed by atoms with Crippen molar-refractivity contribution in [2.45, 2.75) is 70.1 Å². The Bertz CT molecular complexity index is 368. The van der Waals surface area contributed by atoms with E-state index < -0.39 is 5.60 Å². The molecular weight excluding hydrogens is 272 g/mol. The lowest BCUT2D eigenvalue weighted by atomic mass is 9.65. The van der Waals surface area contributed by atoms with Gasteiger partial charge in [0.2, 0.25) is 0 Å². The first-order valence-electron chi connectivity index (χ1n) is 8.08. The Kier molecular flexibility index (Phi) is 4.32. The van der Waals surface area contributed by atoms with Crippen molar-refractivity contribution < 1.29 is 23.7 Å². The molecule has 1 saturated carbocycles. The second-order valence-electron chi connectivity index (χ2n) is 7.10. The second-order valence-corrected chi connectivity index (χ2v) is 7.10. The Hall–Kier alpha value is -0.200. The summed E-state index contributed by atoms with van der Waals surface area (Å²) in [6.45, 7) is 10.9. The molecule has 3 heterocycles. The van der Waals surface area contributed by atoms with Gasteiger partial charge in [-0.15, -0.1) is 0 Å². The maximum absolute atomic E-state index is 6.42. The Balaban J connectivity index is 1.67. The number of rotatable bonds is 7. The molecule has 0 aromatic heterocycles. The van der Waals surface area contributed by atoms with Crippen molar-refractivity contribution in [1.29, 1.82) is 0 Å². The van der Waals surface area contributed by atoms with Crippen molar-refractivity contribution in [3.8, 4) is 0 Å². The molecule has 5 unspecified atom stereocenters. The minimum absolute atomic E-state index is 0.0287. The van der Waals surface area contributed by atoms with Gasteiger partial charge in [0.05, 0.1) is 31.0 Å². The Labute approximate surface area is 127 Å². The van der Waals surface area contributed by atoms with E-state index in [9.17, 15) is 0 Å². The molecule has 0 aromatic carbocycles. The molecule has 122 valence electrons. The molecule has 0 amide bonds. The fraction of sp³-hybridized carbons (Fsp3) is 1.00. The van der Waals surface area contributed by atoms with Gasteiger partial charge < -0.3 is 23.7 Å². The smallest absolute Gasteiger partial charge is 0.147 e. The number of epoxide rings is 1. The van der Waals surface area contributed by atoms with Gasteiger partial charge in [-0.3, -0.25) is 0 Å². The van der Waals surface area contributed by atoms with Crippen molar-refractivity contribution in [2.75, 3.05) is 26.6 Å². The van der Waals surface area contributed by atoms with Gasteiger partial charge in [0.15, 0.2) is 0 Å². The van der Waals surface area contributed by atoms with Crippen LogP contribution in [-0.2, 0) is 23.7 Å². The molecular formula is C16H28O5. The zero-order valence-corrected chi connectivity index (χ0v) is 13.6. The van der Waals surface area contributed by atoms with E-state index >= 15 is 0 Å². The van der Waals surface area contributed by atoms with Gasteiger partial charge in [-0.25, -0.2) is 0 Å². The Morgan fingerprint density at radius 1 is 1.10 bits per heavy atom. The van der Waals surface area contributed by atoms with Crippen molar-refractivity contribution in [2.24, 2.45) is 5.92 Å². The highest BCUT2D eigenvalue weighted by Gasteiger charge is 2.60. The molecule has 0 spiro atoms. The summed E-state index contributed by atoms with van der Waals surface area (Å²) in [5.74, 6) is 0.455. The van der Waals surface area contributed by atoms with Gasteiger partial charge in [0, 0.05) is 6.61 Å². The molecule has 5 nitrogen and oxygen atoms in total. The summed E-state index contributed by atoms with van der Waals surface area (Å²) in [4.78, 5) is 0. The second kappa shape index (κ2) is 5.78. The van der Waals surface area contributed by atoms with E-state index in [1.54, 1.807) is 0 Å². The fourth-order valence-electron chi connectivity index (χ4n) is 3.71. The number of hydrogen-bond acceptors (Lipinski definition) is 5. The van der Waals surface area contributed by atoms with E-state index in [0.29, 0.717) is 25.9 Å². The van der Waals surface area contributed by atoms with E-state index in [-0.39, 0.29) is 23.9 Å². The van der Waals surface area contributed by atoms with Crippen LogP contribution < -0.4 is 0 Å². The summed E-state index contributed by atoms with van der Waals surface area (Å²) in [7, 11) is 0. The number of fused-ring (bicyclic) bond motifs is 3. The van der Waals surface area contributed by atoms with E-state index in [1.807, 2.05) is 6.92 Å². The van der Waals surface area contributed by atoms with Crippen molar-refractivity contribution in [3.63, 3.8) is 0 Å². The van der Waals surface area contributed by atoms with Gasteiger partial charge in [-0.2, -0.15) is 0 Å². The SMILES string of the molecule is CCOCOC1CC2CC(OCC3CO3)C1(C)OC2(C)C. The predicted octanol–water partition coefficient (Wildman–Crippen LogP) is 2.13. The minimum atomic E-state index is -0.412. The predicted molar refractivity (Wildman–Crippen MR) is 77.1 cm³/mol. The lowest BCUT2D eigenvalue weighted by Crippen LogP contribution is -2.69. The topological polar surface area (TPSA) is 49.5 Å². The highest BCUT2D eigenvalue weighted by molar-refractivity contribution is 5.09. The van der Waals surface area contributed by atoms with Gasteiger partial charge in [-0.05, 0) is 46.5 Å². The Morgan fingerprint density at radius 3 is 2.38 bits per heavy atom.